The predicted octanol–water partition coefficient (Wildman–Crippen LogP) is 3.22. The number of nitrogens with zero attached hydrogens (tertiary/aromatic N) is 1. The molecule has 1 atom stereocenters. The third kappa shape index (κ3) is 2.44. The molecule has 0 amide bonds. The molecule has 0 saturated carbocycles. The van der Waals surface area contributed by atoms with Crippen LogP contribution < -0.4 is 5.73 Å². The second-order valence-electron chi connectivity index (χ2n) is 6.90. The summed E-state index contributed by atoms with van der Waals surface area (Å²) in [5.41, 5.74) is 9.49. The quantitative estimate of drug-likeness (QED) is 0.838. The summed E-state index contributed by atoms with van der Waals surface area (Å²) in [4.78, 5) is 2.66. The van der Waals surface area contributed by atoms with Gasteiger partial charge in [-0.2, -0.15) is 0 Å². The van der Waals surface area contributed by atoms with Crippen molar-refractivity contribution >= 4 is 0 Å². The fourth-order valence-corrected chi connectivity index (χ4v) is 3.80. The lowest BCUT2D eigenvalue weighted by Crippen LogP contribution is -2.43. The van der Waals surface area contributed by atoms with Gasteiger partial charge in [0.2, 0.25) is 0 Å². The normalized spacial score (nSPS) is 28.1. The first kappa shape index (κ1) is 13.1. The first-order chi connectivity index (χ1) is 9.08. The molecule has 1 aliphatic heterocycles. The number of benzene rings is 1. The van der Waals surface area contributed by atoms with Crippen LogP contribution in [0.3, 0.4) is 0 Å². The lowest BCUT2D eigenvalue weighted by molar-refractivity contribution is 0.129. The van der Waals surface area contributed by atoms with E-state index in [0.29, 0.717) is 17.5 Å². The zero-order chi connectivity index (χ0) is 13.5. The van der Waals surface area contributed by atoms with E-state index in [1.54, 1.807) is 11.1 Å². The molecule has 1 aromatic carbocycles. The van der Waals surface area contributed by atoms with E-state index in [2.05, 4.69) is 43.0 Å². The van der Waals surface area contributed by atoms with E-state index in [9.17, 15) is 0 Å². The number of nitrogens with two attached hydrogens (primary N) is 1. The molecule has 104 valence electrons. The average molecular weight is 258 g/mol. The van der Waals surface area contributed by atoms with Gasteiger partial charge in [-0.1, -0.05) is 38.1 Å². The van der Waals surface area contributed by atoms with Crippen molar-refractivity contribution in [3.05, 3.63) is 35.4 Å². The summed E-state index contributed by atoms with van der Waals surface area (Å²) in [6.07, 6.45) is 4.89. The number of likely N-dealkylation sites (tertiary alicyclic amines) is 1. The van der Waals surface area contributed by atoms with Crippen LogP contribution >= 0.6 is 0 Å². The maximum atomic E-state index is 6.04. The summed E-state index contributed by atoms with van der Waals surface area (Å²) in [6, 6.07) is 10.1. The van der Waals surface area contributed by atoms with Gasteiger partial charge in [-0.3, -0.25) is 4.90 Å². The summed E-state index contributed by atoms with van der Waals surface area (Å²) >= 11 is 0. The van der Waals surface area contributed by atoms with E-state index in [4.69, 9.17) is 5.73 Å². The Labute approximate surface area is 117 Å². The summed E-state index contributed by atoms with van der Waals surface area (Å²) in [7, 11) is 0. The minimum absolute atomic E-state index is 0.333. The molecule has 1 unspecified atom stereocenters. The van der Waals surface area contributed by atoms with Gasteiger partial charge in [0.05, 0.1) is 0 Å². The molecule has 1 aromatic rings. The minimum Gasteiger partial charge on any atom is -0.328 e. The van der Waals surface area contributed by atoms with E-state index in [0.717, 1.165) is 12.8 Å². The van der Waals surface area contributed by atoms with Crippen LogP contribution in [0.25, 0.3) is 0 Å². The summed E-state index contributed by atoms with van der Waals surface area (Å²) < 4.78 is 0. The van der Waals surface area contributed by atoms with Gasteiger partial charge < -0.3 is 5.73 Å². The van der Waals surface area contributed by atoms with Crippen molar-refractivity contribution < 1.29 is 0 Å². The van der Waals surface area contributed by atoms with Gasteiger partial charge in [-0.25, -0.2) is 0 Å². The third-order valence-electron chi connectivity index (χ3n) is 5.11. The Morgan fingerprint density at radius 1 is 1.11 bits per heavy atom. The monoisotopic (exact) mass is 258 g/mol. The molecule has 0 spiro atoms. The van der Waals surface area contributed by atoms with Crippen molar-refractivity contribution in [1.82, 2.24) is 4.90 Å². The second kappa shape index (κ2) is 4.92. The number of fused-ring (bicyclic) bond motifs is 1. The van der Waals surface area contributed by atoms with Gasteiger partial charge in [-0.05, 0) is 42.2 Å². The Balaban J connectivity index is 1.88. The predicted molar refractivity (Wildman–Crippen MR) is 80.2 cm³/mol. The smallest absolute Gasteiger partial charge is 0.0351 e. The fraction of sp³-hybridized carbons (Fsp3) is 0.647. The molecule has 1 fully saturated rings. The van der Waals surface area contributed by atoms with Crippen molar-refractivity contribution in [2.75, 3.05) is 13.1 Å². The van der Waals surface area contributed by atoms with Crippen molar-refractivity contribution in [3.63, 3.8) is 0 Å². The highest BCUT2D eigenvalue weighted by molar-refractivity contribution is 5.38. The molecular weight excluding hydrogens is 232 g/mol. The summed E-state index contributed by atoms with van der Waals surface area (Å²) in [6.45, 7) is 7.10. The van der Waals surface area contributed by atoms with Crippen molar-refractivity contribution in [3.8, 4) is 0 Å². The van der Waals surface area contributed by atoms with Crippen molar-refractivity contribution in [1.29, 1.82) is 0 Å². The van der Waals surface area contributed by atoms with Gasteiger partial charge in [0, 0.05) is 25.2 Å². The van der Waals surface area contributed by atoms with E-state index in [-0.39, 0.29) is 0 Å². The van der Waals surface area contributed by atoms with E-state index in [1.165, 1.54) is 25.9 Å². The maximum Gasteiger partial charge on any atom is 0.0351 e. The summed E-state index contributed by atoms with van der Waals surface area (Å²) in [5.74, 6) is 0. The Morgan fingerprint density at radius 3 is 2.53 bits per heavy atom. The van der Waals surface area contributed by atoms with Gasteiger partial charge in [0.25, 0.3) is 0 Å². The molecule has 2 nitrogen and oxygen atoms in total. The Morgan fingerprint density at radius 2 is 1.79 bits per heavy atom. The van der Waals surface area contributed by atoms with Crippen molar-refractivity contribution in [2.45, 2.75) is 57.0 Å². The Hall–Kier alpha value is -0.860. The number of hydrogen-bond donors (Lipinski definition) is 1. The topological polar surface area (TPSA) is 29.3 Å². The van der Waals surface area contributed by atoms with E-state index in [1.807, 2.05) is 0 Å². The molecule has 2 aliphatic rings. The van der Waals surface area contributed by atoms with Crippen LogP contribution in [0.4, 0.5) is 0 Å². The zero-order valence-electron chi connectivity index (χ0n) is 12.2. The molecule has 0 radical (unpaired) electrons. The number of hydrogen-bond acceptors (Lipinski definition) is 2. The van der Waals surface area contributed by atoms with Gasteiger partial charge in [-0.15, -0.1) is 0 Å². The average Bonchev–Trinajstić information content (AvgIpc) is 2.41. The third-order valence-corrected chi connectivity index (χ3v) is 5.11. The molecule has 3 rings (SSSR count). The van der Waals surface area contributed by atoms with Gasteiger partial charge in [0.1, 0.15) is 0 Å². The molecule has 0 bridgehead atoms. The second-order valence-corrected chi connectivity index (χ2v) is 6.90. The van der Waals surface area contributed by atoms with Crippen LogP contribution in [0.1, 0.15) is 56.7 Å². The highest BCUT2D eigenvalue weighted by Crippen LogP contribution is 2.44. The van der Waals surface area contributed by atoms with Gasteiger partial charge in [0.15, 0.2) is 0 Å². The zero-order valence-corrected chi connectivity index (χ0v) is 12.2. The highest BCUT2D eigenvalue weighted by Gasteiger charge is 2.35. The summed E-state index contributed by atoms with van der Waals surface area (Å²) in [5, 5.41) is 0. The number of rotatable bonds is 1. The molecule has 19 heavy (non-hydrogen) atoms. The molecular formula is C17H26N2. The van der Waals surface area contributed by atoms with E-state index < -0.39 is 0 Å². The van der Waals surface area contributed by atoms with Crippen LogP contribution in [-0.4, -0.2) is 24.0 Å². The van der Waals surface area contributed by atoms with Crippen LogP contribution in [0.2, 0.25) is 0 Å². The molecule has 1 saturated heterocycles. The van der Waals surface area contributed by atoms with Crippen LogP contribution in [0.5, 0.6) is 0 Å². The molecule has 2 heteroatoms. The molecule has 1 heterocycles. The lowest BCUT2D eigenvalue weighted by Gasteiger charge is -2.44. The Bertz CT molecular complexity index is 444. The van der Waals surface area contributed by atoms with Crippen LogP contribution in [0, 0.1) is 0 Å². The minimum atomic E-state index is 0.333. The molecule has 2 N–H and O–H groups in total. The molecule has 0 aromatic heterocycles. The SMILES string of the molecule is CC1(C)CCC(N2CCC(N)CC2)c2ccccc21. The largest absolute Gasteiger partial charge is 0.328 e. The van der Waals surface area contributed by atoms with Crippen LogP contribution in [0.15, 0.2) is 24.3 Å². The Kier molecular flexibility index (Phi) is 3.40. The first-order valence-corrected chi connectivity index (χ1v) is 7.67. The molecule has 1 aliphatic carbocycles. The maximum absolute atomic E-state index is 6.04. The van der Waals surface area contributed by atoms with Crippen LogP contribution in [-0.2, 0) is 5.41 Å². The van der Waals surface area contributed by atoms with Gasteiger partial charge >= 0.3 is 0 Å². The van der Waals surface area contributed by atoms with E-state index >= 15 is 0 Å². The number of piperidine rings is 1. The fourth-order valence-electron chi connectivity index (χ4n) is 3.80. The highest BCUT2D eigenvalue weighted by atomic mass is 15.2. The first-order valence-electron chi connectivity index (χ1n) is 7.67. The van der Waals surface area contributed by atoms with Crippen molar-refractivity contribution in [2.24, 2.45) is 5.73 Å². The standard InChI is InChI=1S/C17H26N2/c1-17(2)10-7-16(14-5-3-4-6-15(14)17)19-11-8-13(18)9-12-19/h3-6,13,16H,7-12,18H2,1-2H3. The lowest BCUT2D eigenvalue weighted by atomic mass is 9.70.